The minimum Gasteiger partial charge on any atom is -0.489 e. The predicted molar refractivity (Wildman–Crippen MR) is 146 cm³/mol. The van der Waals surface area contributed by atoms with E-state index in [9.17, 15) is 4.79 Å². The highest BCUT2D eigenvalue weighted by molar-refractivity contribution is 14.1. The van der Waals surface area contributed by atoms with Crippen LogP contribution in [0.4, 0.5) is 0 Å². The highest BCUT2D eigenvalue weighted by atomic mass is 127. The van der Waals surface area contributed by atoms with Crippen LogP contribution in [0.2, 0.25) is 0 Å². The third-order valence-corrected chi connectivity index (χ3v) is 6.05. The van der Waals surface area contributed by atoms with E-state index in [1.54, 1.807) is 12.1 Å². The summed E-state index contributed by atoms with van der Waals surface area (Å²) in [5.41, 5.74) is 5.93. The summed E-state index contributed by atoms with van der Waals surface area (Å²) in [6.45, 7) is 1.84. The van der Waals surface area contributed by atoms with E-state index >= 15 is 0 Å². The quantitative estimate of drug-likeness (QED) is 0.226. The van der Waals surface area contributed by atoms with Crippen molar-refractivity contribution >= 4 is 34.1 Å². The van der Waals surface area contributed by atoms with Crippen LogP contribution in [-0.2, 0) is 4.79 Å². The van der Waals surface area contributed by atoms with Crippen LogP contribution in [0.15, 0.2) is 97.2 Å². The summed E-state index contributed by atoms with van der Waals surface area (Å²) in [4.78, 5) is 15.4. The third kappa shape index (κ3) is 6.70. The summed E-state index contributed by atoms with van der Waals surface area (Å²) in [6, 6.07) is 27.9. The predicted octanol–water partition coefficient (Wildman–Crippen LogP) is 6.64. The number of aryl methyl sites for hydroxylation is 1. The lowest BCUT2D eigenvalue weighted by Gasteiger charge is -2.12. The molecule has 0 aliphatic carbocycles. The molecule has 0 bridgehead atoms. The Morgan fingerprint density at radius 2 is 1.69 bits per heavy atom. The smallest absolute Gasteiger partial charge is 0.341 e. The second kappa shape index (κ2) is 11.7. The van der Waals surface area contributed by atoms with E-state index in [4.69, 9.17) is 19.6 Å². The molecule has 0 fully saturated rings. The first-order valence-electron chi connectivity index (χ1n) is 11.1. The van der Waals surface area contributed by atoms with E-state index in [0.29, 0.717) is 18.1 Å². The van der Waals surface area contributed by atoms with E-state index in [-0.39, 0.29) is 6.61 Å². The Bertz CT molecular complexity index is 1320. The van der Waals surface area contributed by atoms with E-state index in [1.807, 2.05) is 61.7 Å². The number of pyridine rings is 1. The first kappa shape index (κ1) is 24.5. The fourth-order valence-electron chi connectivity index (χ4n) is 3.60. The summed E-state index contributed by atoms with van der Waals surface area (Å²) in [5, 5.41) is 8.80. The van der Waals surface area contributed by atoms with Gasteiger partial charge in [0, 0.05) is 20.9 Å². The van der Waals surface area contributed by atoms with E-state index < -0.39 is 5.97 Å². The number of aromatic nitrogens is 1. The van der Waals surface area contributed by atoms with Gasteiger partial charge in [0.05, 0.1) is 5.69 Å². The van der Waals surface area contributed by atoms with Gasteiger partial charge in [-0.2, -0.15) is 0 Å². The fourth-order valence-corrected chi connectivity index (χ4v) is 3.96. The minimum atomic E-state index is -1.01. The van der Waals surface area contributed by atoms with Gasteiger partial charge in [0.25, 0.3) is 0 Å². The number of hydrogen-bond donors (Lipinski definition) is 1. The number of rotatable bonds is 9. The Balaban J connectivity index is 1.54. The van der Waals surface area contributed by atoms with Crippen molar-refractivity contribution in [3.63, 3.8) is 0 Å². The Kier molecular flexibility index (Phi) is 8.15. The second-order valence-corrected chi connectivity index (χ2v) is 9.09. The number of carboxylic acids is 1. The molecule has 3 aromatic carbocycles. The molecular weight excluding hydrogens is 553 g/mol. The van der Waals surface area contributed by atoms with Crippen molar-refractivity contribution in [1.82, 2.24) is 4.98 Å². The summed E-state index contributed by atoms with van der Waals surface area (Å²) in [5.74, 6) is 0.199. The van der Waals surface area contributed by atoms with Crippen molar-refractivity contribution in [1.29, 1.82) is 0 Å². The fraction of sp³-hybridized carbons (Fsp3) is 0.103. The lowest BCUT2D eigenvalue weighted by atomic mass is 9.98. The minimum absolute atomic E-state index is 0.358. The molecule has 1 aromatic heterocycles. The highest BCUT2D eigenvalue weighted by Gasteiger charge is 2.09. The van der Waals surface area contributed by atoms with Crippen LogP contribution in [0.5, 0.6) is 11.5 Å². The molecule has 1 heterocycles. The van der Waals surface area contributed by atoms with Gasteiger partial charge in [-0.3, -0.25) is 4.98 Å². The van der Waals surface area contributed by atoms with Crippen LogP contribution in [0.3, 0.4) is 0 Å². The van der Waals surface area contributed by atoms with Gasteiger partial charge in [0.1, 0.15) is 18.1 Å². The summed E-state index contributed by atoms with van der Waals surface area (Å²) in [6.07, 6.45) is 3.94. The Morgan fingerprint density at radius 1 is 0.943 bits per heavy atom. The van der Waals surface area contributed by atoms with Gasteiger partial charge in [0.15, 0.2) is 6.61 Å². The average Bonchev–Trinajstić information content (AvgIpc) is 2.87. The largest absolute Gasteiger partial charge is 0.489 e. The number of halogens is 1. The van der Waals surface area contributed by atoms with Gasteiger partial charge in [-0.05, 0) is 88.7 Å². The van der Waals surface area contributed by atoms with Crippen LogP contribution < -0.4 is 9.47 Å². The molecule has 4 rings (SSSR count). The maximum absolute atomic E-state index is 10.7. The normalized spacial score (nSPS) is 11.2. The van der Waals surface area contributed by atoms with Crippen molar-refractivity contribution in [3.05, 3.63) is 117 Å². The molecule has 1 N–H and O–H groups in total. The standard InChI is InChI=1S/C29H24INO4/c1-20-17-25(12-14-28(20)35-19-29(32)33)34-16-15-26(21-7-10-24(30)11-8-21)23-9-13-27(31-18-23)22-5-3-2-4-6-22/h2-15,17-18H,16,19H2,1H3,(H,32,33). The zero-order chi connectivity index (χ0) is 24.6. The Hall–Kier alpha value is -3.65. The molecule has 6 heteroatoms. The molecule has 35 heavy (non-hydrogen) atoms. The molecule has 0 spiro atoms. The highest BCUT2D eigenvalue weighted by Crippen LogP contribution is 2.27. The van der Waals surface area contributed by atoms with Gasteiger partial charge in [-0.15, -0.1) is 0 Å². The number of nitrogens with zero attached hydrogens (tertiary/aromatic N) is 1. The van der Waals surface area contributed by atoms with Gasteiger partial charge < -0.3 is 14.6 Å². The summed E-state index contributed by atoms with van der Waals surface area (Å²) >= 11 is 2.30. The third-order valence-electron chi connectivity index (χ3n) is 5.33. The SMILES string of the molecule is Cc1cc(OCC=C(c2ccc(I)cc2)c2ccc(-c3ccccc3)nc2)ccc1OCC(=O)O. The zero-order valence-electron chi connectivity index (χ0n) is 19.1. The molecule has 0 aliphatic heterocycles. The van der Waals surface area contributed by atoms with Crippen LogP contribution in [0.1, 0.15) is 16.7 Å². The number of carboxylic acid groups (broad SMARTS) is 1. The van der Waals surface area contributed by atoms with Crippen molar-refractivity contribution in [2.75, 3.05) is 13.2 Å². The average molecular weight is 577 g/mol. The zero-order valence-corrected chi connectivity index (χ0v) is 21.3. The molecule has 0 radical (unpaired) electrons. The molecule has 176 valence electrons. The summed E-state index contributed by atoms with van der Waals surface area (Å²) < 4.78 is 12.4. The monoisotopic (exact) mass is 577 g/mol. The lowest BCUT2D eigenvalue weighted by Crippen LogP contribution is -2.10. The van der Waals surface area contributed by atoms with E-state index in [0.717, 1.165) is 33.5 Å². The molecule has 0 unspecified atom stereocenters. The van der Waals surface area contributed by atoms with Crippen molar-refractivity contribution in [2.24, 2.45) is 0 Å². The van der Waals surface area contributed by atoms with Crippen molar-refractivity contribution in [3.8, 4) is 22.8 Å². The van der Waals surface area contributed by atoms with Crippen LogP contribution in [0.25, 0.3) is 16.8 Å². The number of carbonyl (C=O) groups is 1. The molecule has 4 aromatic rings. The molecule has 0 saturated carbocycles. The Labute approximate surface area is 218 Å². The van der Waals surface area contributed by atoms with Gasteiger partial charge >= 0.3 is 5.97 Å². The topological polar surface area (TPSA) is 68.7 Å². The number of hydrogen-bond acceptors (Lipinski definition) is 4. The van der Waals surface area contributed by atoms with Crippen LogP contribution in [-0.4, -0.2) is 29.3 Å². The molecule has 0 aliphatic rings. The maximum Gasteiger partial charge on any atom is 0.341 e. The summed E-state index contributed by atoms with van der Waals surface area (Å²) in [7, 11) is 0. The Morgan fingerprint density at radius 3 is 2.34 bits per heavy atom. The van der Waals surface area contributed by atoms with Crippen LogP contribution >= 0.6 is 22.6 Å². The molecular formula is C29H24INO4. The number of ether oxygens (including phenoxy) is 2. The van der Waals surface area contributed by atoms with Crippen molar-refractivity contribution < 1.29 is 19.4 Å². The second-order valence-electron chi connectivity index (χ2n) is 7.84. The van der Waals surface area contributed by atoms with Crippen molar-refractivity contribution in [2.45, 2.75) is 6.92 Å². The van der Waals surface area contributed by atoms with Gasteiger partial charge in [0.2, 0.25) is 0 Å². The van der Waals surface area contributed by atoms with Gasteiger partial charge in [-0.1, -0.05) is 48.5 Å². The van der Waals surface area contributed by atoms with Gasteiger partial charge in [-0.25, -0.2) is 4.79 Å². The van der Waals surface area contributed by atoms with Crippen LogP contribution in [0, 0.1) is 10.5 Å². The molecule has 0 atom stereocenters. The van der Waals surface area contributed by atoms with E-state index in [1.165, 1.54) is 3.57 Å². The molecule has 0 amide bonds. The van der Waals surface area contributed by atoms with E-state index in [2.05, 4.69) is 52.9 Å². The molecule has 0 saturated heterocycles. The first-order valence-corrected chi connectivity index (χ1v) is 12.1. The number of aliphatic carboxylic acids is 1. The molecule has 5 nitrogen and oxygen atoms in total. The first-order chi connectivity index (χ1) is 17.0. The lowest BCUT2D eigenvalue weighted by molar-refractivity contribution is -0.139. The number of benzene rings is 3. The maximum atomic E-state index is 10.7.